The number of methoxy groups -OCH3 is 1. The molecule has 1 aliphatic carbocycles. The molecule has 0 radical (unpaired) electrons. The Morgan fingerprint density at radius 2 is 2.19 bits per heavy atom. The number of fused-ring (bicyclic) bond motifs is 1. The van der Waals surface area contributed by atoms with E-state index in [2.05, 4.69) is 15.5 Å². The van der Waals surface area contributed by atoms with Gasteiger partial charge in [0.1, 0.15) is 11.6 Å². The second-order valence-corrected chi connectivity index (χ2v) is 5.65. The van der Waals surface area contributed by atoms with Crippen LogP contribution < -0.4 is 10.1 Å². The van der Waals surface area contributed by atoms with Crippen molar-refractivity contribution in [3.8, 4) is 17.1 Å². The highest BCUT2D eigenvalue weighted by atomic mass is 19.1. The summed E-state index contributed by atoms with van der Waals surface area (Å²) in [5, 5.41) is 12.0. The maximum Gasteiger partial charge on any atom is 0.167 e. The zero-order chi connectivity index (χ0) is 14.4. The monoisotopic (exact) mass is 288 g/mol. The first-order valence-corrected chi connectivity index (χ1v) is 7.28. The van der Waals surface area contributed by atoms with Gasteiger partial charge in [-0.2, -0.15) is 0 Å². The van der Waals surface area contributed by atoms with Crippen LogP contribution >= 0.6 is 0 Å². The summed E-state index contributed by atoms with van der Waals surface area (Å²) in [7, 11) is 1.53. The van der Waals surface area contributed by atoms with E-state index in [0.717, 1.165) is 18.9 Å². The van der Waals surface area contributed by atoms with E-state index in [4.69, 9.17) is 4.74 Å². The van der Waals surface area contributed by atoms with Crippen LogP contribution in [0.15, 0.2) is 18.2 Å². The molecule has 1 N–H and O–H groups in total. The van der Waals surface area contributed by atoms with Gasteiger partial charge in [0.15, 0.2) is 11.6 Å². The molecule has 0 saturated heterocycles. The third kappa shape index (κ3) is 2.10. The van der Waals surface area contributed by atoms with Crippen LogP contribution in [0.4, 0.5) is 4.39 Å². The van der Waals surface area contributed by atoms with Gasteiger partial charge in [0.2, 0.25) is 0 Å². The van der Waals surface area contributed by atoms with Crippen LogP contribution in [0.1, 0.15) is 24.7 Å². The van der Waals surface area contributed by atoms with Crippen LogP contribution in [-0.2, 0) is 6.54 Å². The molecule has 1 aromatic carbocycles. The molecule has 110 valence electrons. The summed E-state index contributed by atoms with van der Waals surface area (Å²) >= 11 is 0. The number of nitrogens with zero attached hydrogens (tertiary/aromatic N) is 3. The Kier molecular flexibility index (Phi) is 2.92. The maximum atomic E-state index is 14.3. The summed E-state index contributed by atoms with van der Waals surface area (Å²) in [5.41, 5.74) is 0.478. The zero-order valence-corrected chi connectivity index (χ0v) is 11.8. The first kappa shape index (κ1) is 12.8. The van der Waals surface area contributed by atoms with E-state index >= 15 is 0 Å². The molecule has 4 rings (SSSR count). The normalized spacial score (nSPS) is 21.1. The van der Waals surface area contributed by atoms with Crippen molar-refractivity contribution in [3.05, 3.63) is 29.8 Å². The van der Waals surface area contributed by atoms with Gasteiger partial charge in [-0.25, -0.2) is 4.39 Å². The Morgan fingerprint density at radius 3 is 2.90 bits per heavy atom. The summed E-state index contributed by atoms with van der Waals surface area (Å²) < 4.78 is 21.4. The minimum Gasteiger partial charge on any atom is -0.497 e. The molecule has 2 heterocycles. The van der Waals surface area contributed by atoms with Crippen molar-refractivity contribution in [2.75, 3.05) is 13.7 Å². The Balaban J connectivity index is 1.76. The topological polar surface area (TPSA) is 52.0 Å². The van der Waals surface area contributed by atoms with Crippen LogP contribution in [0.2, 0.25) is 0 Å². The number of benzene rings is 1. The molecule has 2 aromatic rings. The number of halogens is 1. The predicted molar refractivity (Wildman–Crippen MR) is 75.4 cm³/mol. The van der Waals surface area contributed by atoms with Crippen molar-refractivity contribution in [1.82, 2.24) is 20.1 Å². The molecule has 5 nitrogen and oxygen atoms in total. The number of hydrogen-bond acceptors (Lipinski definition) is 4. The smallest absolute Gasteiger partial charge is 0.167 e. The van der Waals surface area contributed by atoms with Crippen LogP contribution in [0.3, 0.4) is 0 Å². The molecule has 1 unspecified atom stereocenters. The Bertz CT molecular complexity index is 680. The SMILES string of the molecule is COc1ccc(-c2nnc3n2CCNC3C2CC2)c(F)c1. The summed E-state index contributed by atoms with van der Waals surface area (Å²) in [4.78, 5) is 0. The van der Waals surface area contributed by atoms with E-state index in [1.165, 1.54) is 26.0 Å². The van der Waals surface area contributed by atoms with Gasteiger partial charge in [0.05, 0.1) is 18.7 Å². The average molecular weight is 288 g/mol. The van der Waals surface area contributed by atoms with Crippen molar-refractivity contribution < 1.29 is 9.13 Å². The van der Waals surface area contributed by atoms with Crippen LogP contribution in [0.5, 0.6) is 5.75 Å². The number of ether oxygens (including phenoxy) is 1. The lowest BCUT2D eigenvalue weighted by molar-refractivity contribution is 0.382. The van der Waals surface area contributed by atoms with Gasteiger partial charge in [-0.1, -0.05) is 0 Å². The highest BCUT2D eigenvalue weighted by Gasteiger charge is 2.37. The highest BCUT2D eigenvalue weighted by molar-refractivity contribution is 5.58. The Hall–Kier alpha value is -1.95. The molecule has 1 fully saturated rings. The van der Waals surface area contributed by atoms with Gasteiger partial charge in [-0.3, -0.25) is 0 Å². The second kappa shape index (κ2) is 4.80. The van der Waals surface area contributed by atoms with E-state index in [1.54, 1.807) is 12.1 Å². The quantitative estimate of drug-likeness (QED) is 0.940. The van der Waals surface area contributed by atoms with Gasteiger partial charge in [-0.05, 0) is 30.9 Å². The van der Waals surface area contributed by atoms with Crippen molar-refractivity contribution in [2.24, 2.45) is 5.92 Å². The summed E-state index contributed by atoms with van der Waals surface area (Å²) in [6, 6.07) is 5.11. The molecular weight excluding hydrogens is 271 g/mol. The molecule has 1 aromatic heterocycles. The lowest BCUT2D eigenvalue weighted by Gasteiger charge is -2.25. The van der Waals surface area contributed by atoms with Crippen molar-refractivity contribution >= 4 is 0 Å². The van der Waals surface area contributed by atoms with E-state index in [0.29, 0.717) is 23.1 Å². The molecule has 0 amide bonds. The molecule has 0 spiro atoms. The van der Waals surface area contributed by atoms with Gasteiger partial charge in [0, 0.05) is 19.2 Å². The fourth-order valence-corrected chi connectivity index (χ4v) is 3.00. The lowest BCUT2D eigenvalue weighted by Crippen LogP contribution is -2.35. The van der Waals surface area contributed by atoms with Crippen LogP contribution in [-0.4, -0.2) is 28.4 Å². The molecule has 6 heteroatoms. The molecule has 0 bridgehead atoms. The zero-order valence-electron chi connectivity index (χ0n) is 11.8. The number of aromatic nitrogens is 3. The first-order chi connectivity index (χ1) is 10.3. The van der Waals surface area contributed by atoms with Gasteiger partial charge >= 0.3 is 0 Å². The molecule has 1 atom stereocenters. The number of nitrogens with one attached hydrogen (secondary N) is 1. The van der Waals surface area contributed by atoms with Gasteiger partial charge in [-0.15, -0.1) is 10.2 Å². The molecule has 1 aliphatic heterocycles. The first-order valence-electron chi connectivity index (χ1n) is 7.28. The molecule has 2 aliphatic rings. The fraction of sp³-hybridized carbons (Fsp3) is 0.467. The Morgan fingerprint density at radius 1 is 1.33 bits per heavy atom. The van der Waals surface area contributed by atoms with Crippen LogP contribution in [0, 0.1) is 11.7 Å². The number of hydrogen-bond donors (Lipinski definition) is 1. The Labute approximate surface area is 122 Å². The average Bonchev–Trinajstić information content (AvgIpc) is 3.26. The van der Waals surface area contributed by atoms with Gasteiger partial charge in [0.25, 0.3) is 0 Å². The van der Waals surface area contributed by atoms with Crippen LogP contribution in [0.25, 0.3) is 11.4 Å². The predicted octanol–water partition coefficient (Wildman–Crippen LogP) is 2.15. The highest BCUT2D eigenvalue weighted by Crippen LogP contribution is 2.42. The molecule has 1 saturated carbocycles. The van der Waals surface area contributed by atoms with Gasteiger partial charge < -0.3 is 14.6 Å². The molecule has 21 heavy (non-hydrogen) atoms. The lowest BCUT2D eigenvalue weighted by atomic mass is 10.1. The summed E-state index contributed by atoms with van der Waals surface area (Å²) in [6.07, 6.45) is 2.47. The summed E-state index contributed by atoms with van der Waals surface area (Å²) in [5.74, 6) is 2.38. The largest absolute Gasteiger partial charge is 0.497 e. The minimum atomic E-state index is -0.328. The van der Waals surface area contributed by atoms with Crippen molar-refractivity contribution in [2.45, 2.75) is 25.4 Å². The van der Waals surface area contributed by atoms with Crippen molar-refractivity contribution in [1.29, 1.82) is 0 Å². The maximum absolute atomic E-state index is 14.3. The fourth-order valence-electron chi connectivity index (χ4n) is 3.00. The molecular formula is C15H17FN4O. The van der Waals surface area contributed by atoms with E-state index in [9.17, 15) is 4.39 Å². The minimum absolute atomic E-state index is 0.265. The summed E-state index contributed by atoms with van der Waals surface area (Å²) in [6.45, 7) is 1.64. The van der Waals surface area contributed by atoms with E-state index in [-0.39, 0.29) is 11.9 Å². The number of rotatable bonds is 3. The third-order valence-electron chi connectivity index (χ3n) is 4.27. The third-order valence-corrected chi connectivity index (χ3v) is 4.27. The van der Waals surface area contributed by atoms with E-state index in [1.807, 2.05) is 4.57 Å². The van der Waals surface area contributed by atoms with E-state index < -0.39 is 0 Å². The van der Waals surface area contributed by atoms with Crippen molar-refractivity contribution in [3.63, 3.8) is 0 Å². The second-order valence-electron chi connectivity index (χ2n) is 5.65. The standard InChI is InChI=1S/C15H17FN4O/c1-21-10-4-5-11(12(16)8-10)14-18-19-15-13(9-2-3-9)17-6-7-20(14)15/h4-5,8-9,13,17H,2-3,6-7H2,1H3.